The highest BCUT2D eigenvalue weighted by Crippen LogP contribution is 2.22. The molecule has 0 radical (unpaired) electrons. The summed E-state index contributed by atoms with van der Waals surface area (Å²) in [6.45, 7) is 3.98. The molecule has 0 saturated carbocycles. The number of nitrogens with zero attached hydrogens (tertiary/aromatic N) is 3. The van der Waals surface area contributed by atoms with Gasteiger partial charge in [-0.15, -0.1) is 0 Å². The van der Waals surface area contributed by atoms with Gasteiger partial charge < -0.3 is 10.2 Å². The number of halogens is 1. The number of carbonyl (C=O) groups excluding carboxylic acids is 1. The monoisotopic (exact) mass is 374 g/mol. The number of benzene rings is 1. The SMILES string of the molecule is Cc1ccc(NC(=O)c2cc(N3CCCCC3)ncn2)cc1Br. The summed E-state index contributed by atoms with van der Waals surface area (Å²) >= 11 is 3.47. The summed E-state index contributed by atoms with van der Waals surface area (Å²) in [6.07, 6.45) is 5.06. The lowest BCUT2D eigenvalue weighted by Gasteiger charge is -2.27. The lowest BCUT2D eigenvalue weighted by molar-refractivity contribution is 0.102. The second-order valence-corrected chi connectivity index (χ2v) is 6.58. The van der Waals surface area contributed by atoms with Crippen molar-refractivity contribution in [2.75, 3.05) is 23.3 Å². The van der Waals surface area contributed by atoms with Crippen molar-refractivity contribution in [3.63, 3.8) is 0 Å². The summed E-state index contributed by atoms with van der Waals surface area (Å²) in [4.78, 5) is 23.0. The molecule has 1 amide bonds. The van der Waals surface area contributed by atoms with Crippen molar-refractivity contribution in [1.82, 2.24) is 9.97 Å². The summed E-state index contributed by atoms with van der Waals surface area (Å²) in [7, 11) is 0. The Morgan fingerprint density at radius 1 is 1.17 bits per heavy atom. The zero-order valence-electron chi connectivity index (χ0n) is 13.1. The number of aryl methyl sites for hydroxylation is 1. The van der Waals surface area contributed by atoms with Gasteiger partial charge in [-0.3, -0.25) is 4.79 Å². The van der Waals surface area contributed by atoms with Crippen LogP contribution in [0.1, 0.15) is 35.3 Å². The van der Waals surface area contributed by atoms with Crippen LogP contribution in [0, 0.1) is 6.92 Å². The molecule has 6 heteroatoms. The van der Waals surface area contributed by atoms with Crippen LogP contribution in [-0.4, -0.2) is 29.0 Å². The van der Waals surface area contributed by atoms with Crippen molar-refractivity contribution in [3.8, 4) is 0 Å². The van der Waals surface area contributed by atoms with Crippen molar-refractivity contribution in [3.05, 3.63) is 46.3 Å². The van der Waals surface area contributed by atoms with Crippen molar-refractivity contribution < 1.29 is 4.79 Å². The number of hydrogen-bond donors (Lipinski definition) is 1. The van der Waals surface area contributed by atoms with Crippen molar-refractivity contribution in [2.24, 2.45) is 0 Å². The Morgan fingerprint density at radius 2 is 1.96 bits per heavy atom. The Balaban J connectivity index is 1.75. The lowest BCUT2D eigenvalue weighted by Crippen LogP contribution is -2.30. The van der Waals surface area contributed by atoms with Crippen LogP contribution in [0.15, 0.2) is 35.1 Å². The Morgan fingerprint density at radius 3 is 2.70 bits per heavy atom. The highest BCUT2D eigenvalue weighted by atomic mass is 79.9. The predicted octanol–water partition coefficient (Wildman–Crippen LogP) is 3.79. The van der Waals surface area contributed by atoms with Gasteiger partial charge in [0.25, 0.3) is 5.91 Å². The number of aromatic nitrogens is 2. The third-order valence-electron chi connectivity index (χ3n) is 4.00. The molecule has 0 spiro atoms. The zero-order chi connectivity index (χ0) is 16.2. The average Bonchev–Trinajstić information content (AvgIpc) is 2.59. The molecular formula is C17H19BrN4O. The number of anilines is 2. The summed E-state index contributed by atoms with van der Waals surface area (Å²) in [6, 6.07) is 7.49. The lowest BCUT2D eigenvalue weighted by atomic mass is 10.1. The highest BCUT2D eigenvalue weighted by Gasteiger charge is 2.15. The van der Waals surface area contributed by atoms with Gasteiger partial charge in [0, 0.05) is 29.3 Å². The van der Waals surface area contributed by atoms with Gasteiger partial charge in [-0.2, -0.15) is 0 Å². The first kappa shape index (κ1) is 15.9. The number of carbonyl (C=O) groups is 1. The van der Waals surface area contributed by atoms with Crippen LogP contribution in [0.3, 0.4) is 0 Å². The van der Waals surface area contributed by atoms with Gasteiger partial charge in [-0.05, 0) is 43.9 Å². The van der Waals surface area contributed by atoms with E-state index in [1.54, 1.807) is 6.07 Å². The van der Waals surface area contributed by atoms with Crippen LogP contribution >= 0.6 is 15.9 Å². The quantitative estimate of drug-likeness (QED) is 0.887. The van der Waals surface area contributed by atoms with E-state index in [1.165, 1.54) is 25.6 Å². The number of piperidine rings is 1. The number of hydrogen-bond acceptors (Lipinski definition) is 4. The number of nitrogens with one attached hydrogen (secondary N) is 1. The maximum Gasteiger partial charge on any atom is 0.274 e. The van der Waals surface area contributed by atoms with Gasteiger partial charge >= 0.3 is 0 Å². The Hall–Kier alpha value is -1.95. The van der Waals surface area contributed by atoms with Crippen LogP contribution in [0.2, 0.25) is 0 Å². The molecule has 1 aromatic heterocycles. The highest BCUT2D eigenvalue weighted by molar-refractivity contribution is 9.10. The second-order valence-electron chi connectivity index (χ2n) is 5.73. The third kappa shape index (κ3) is 3.88. The first-order chi connectivity index (χ1) is 11.1. The van der Waals surface area contributed by atoms with E-state index in [0.29, 0.717) is 5.69 Å². The Labute approximate surface area is 144 Å². The first-order valence-corrected chi connectivity index (χ1v) is 8.57. The van der Waals surface area contributed by atoms with Gasteiger partial charge in [-0.25, -0.2) is 9.97 Å². The van der Waals surface area contributed by atoms with Crippen molar-refractivity contribution in [2.45, 2.75) is 26.2 Å². The Kier molecular flexibility index (Phi) is 4.91. The molecule has 3 rings (SSSR count). The average molecular weight is 375 g/mol. The topological polar surface area (TPSA) is 58.1 Å². The van der Waals surface area contributed by atoms with Gasteiger partial charge in [0.15, 0.2) is 0 Å². The van der Waals surface area contributed by atoms with Gasteiger partial charge in [0.05, 0.1) is 0 Å². The van der Waals surface area contributed by atoms with Crippen LogP contribution in [0.25, 0.3) is 0 Å². The van der Waals surface area contributed by atoms with E-state index in [-0.39, 0.29) is 5.91 Å². The molecule has 1 N–H and O–H groups in total. The van der Waals surface area contributed by atoms with Crippen LogP contribution in [0.4, 0.5) is 11.5 Å². The fraction of sp³-hybridized carbons (Fsp3) is 0.353. The van der Waals surface area contributed by atoms with Crippen molar-refractivity contribution >= 4 is 33.3 Å². The van der Waals surface area contributed by atoms with Gasteiger partial charge in [0.1, 0.15) is 17.8 Å². The first-order valence-electron chi connectivity index (χ1n) is 7.78. The predicted molar refractivity (Wildman–Crippen MR) is 94.9 cm³/mol. The van der Waals surface area contributed by atoms with Crippen LogP contribution in [0.5, 0.6) is 0 Å². The molecule has 1 aliphatic rings. The second kappa shape index (κ2) is 7.08. The molecule has 0 aliphatic carbocycles. The van der Waals surface area contributed by atoms with Gasteiger partial charge in [-0.1, -0.05) is 22.0 Å². The molecule has 1 aromatic carbocycles. The van der Waals surface area contributed by atoms with Crippen LogP contribution in [-0.2, 0) is 0 Å². The summed E-state index contributed by atoms with van der Waals surface area (Å²) in [5, 5.41) is 2.88. The Bertz CT molecular complexity index is 713. The van der Waals surface area contributed by atoms with E-state index in [0.717, 1.165) is 34.6 Å². The maximum absolute atomic E-state index is 12.4. The van der Waals surface area contributed by atoms with Crippen molar-refractivity contribution in [1.29, 1.82) is 0 Å². The van der Waals surface area contributed by atoms with E-state index < -0.39 is 0 Å². The third-order valence-corrected chi connectivity index (χ3v) is 4.85. The number of rotatable bonds is 3. The molecule has 120 valence electrons. The summed E-state index contributed by atoms with van der Waals surface area (Å²) < 4.78 is 0.965. The minimum atomic E-state index is -0.221. The van der Waals surface area contributed by atoms with E-state index in [9.17, 15) is 4.79 Å². The number of amides is 1. The summed E-state index contributed by atoms with van der Waals surface area (Å²) in [5.74, 6) is 0.608. The molecule has 1 fully saturated rings. The normalized spacial score (nSPS) is 14.6. The van der Waals surface area contributed by atoms with E-state index in [1.807, 2.05) is 25.1 Å². The van der Waals surface area contributed by atoms with Gasteiger partial charge in [0.2, 0.25) is 0 Å². The van der Waals surface area contributed by atoms with E-state index >= 15 is 0 Å². The maximum atomic E-state index is 12.4. The molecule has 5 nitrogen and oxygen atoms in total. The summed E-state index contributed by atoms with van der Waals surface area (Å²) in [5.41, 5.74) is 2.25. The molecule has 0 unspecified atom stereocenters. The molecule has 1 saturated heterocycles. The molecular weight excluding hydrogens is 356 g/mol. The minimum Gasteiger partial charge on any atom is -0.357 e. The fourth-order valence-corrected chi connectivity index (χ4v) is 3.01. The molecule has 23 heavy (non-hydrogen) atoms. The van der Waals surface area contributed by atoms with Crippen LogP contribution < -0.4 is 10.2 Å². The smallest absolute Gasteiger partial charge is 0.274 e. The molecule has 2 heterocycles. The largest absolute Gasteiger partial charge is 0.357 e. The molecule has 1 aliphatic heterocycles. The fourth-order valence-electron chi connectivity index (χ4n) is 2.63. The molecule has 0 atom stereocenters. The van der Waals surface area contributed by atoms with E-state index in [4.69, 9.17) is 0 Å². The zero-order valence-corrected chi connectivity index (χ0v) is 14.6. The molecule has 2 aromatic rings. The standard InChI is InChI=1S/C17H19BrN4O/c1-12-5-6-13(9-14(12)18)21-17(23)15-10-16(20-11-19-15)22-7-3-2-4-8-22/h5-6,9-11H,2-4,7-8H2,1H3,(H,21,23). The molecule has 0 bridgehead atoms. The minimum absolute atomic E-state index is 0.221. The van der Waals surface area contributed by atoms with E-state index in [2.05, 4.69) is 36.1 Å².